The standard InChI is InChI=1S/5Mo.3Ru. The van der Waals surface area contributed by atoms with Crippen LogP contribution in [-0.4, -0.2) is 0 Å². The van der Waals surface area contributed by atoms with Gasteiger partial charge in [0, 0.05) is 164 Å². The van der Waals surface area contributed by atoms with Gasteiger partial charge in [0.2, 0.25) is 0 Å². The first-order valence-electron chi connectivity index (χ1n) is 0. The van der Waals surface area contributed by atoms with Gasteiger partial charge in [0.25, 0.3) is 0 Å². The summed E-state index contributed by atoms with van der Waals surface area (Å²) in [7, 11) is 0. The van der Waals surface area contributed by atoms with E-state index in [4.69, 9.17) is 0 Å². The van der Waals surface area contributed by atoms with E-state index in [1.54, 1.807) is 0 Å². The molecule has 54 valence electrons. The maximum absolute atomic E-state index is 0. The van der Waals surface area contributed by atoms with E-state index in [9.17, 15) is 0 Å². The maximum atomic E-state index is 0. The summed E-state index contributed by atoms with van der Waals surface area (Å²) in [5.74, 6) is 0. The summed E-state index contributed by atoms with van der Waals surface area (Å²) < 4.78 is 0. The van der Waals surface area contributed by atoms with Crippen LogP contribution in [0.15, 0.2) is 0 Å². The first-order chi connectivity index (χ1) is 0. The second kappa shape index (κ2) is 55.8. The van der Waals surface area contributed by atoms with Crippen molar-refractivity contribution in [1.29, 1.82) is 0 Å². The van der Waals surface area contributed by atoms with E-state index in [0.29, 0.717) is 0 Å². The third-order valence-electron chi connectivity index (χ3n) is 0. The minimum Gasteiger partial charge on any atom is 0 e. The molecule has 0 unspecified atom stereocenters. The molecule has 0 atom stereocenters. The average molecular weight is 783 g/mol. The van der Waals surface area contributed by atoms with Crippen molar-refractivity contribution < 1.29 is 164 Å². The molecule has 0 nitrogen and oxygen atoms in total. The predicted molar refractivity (Wildman–Crippen MR) is 0 cm³/mol. The van der Waals surface area contributed by atoms with Crippen molar-refractivity contribution in [2.45, 2.75) is 0 Å². The second-order valence-electron chi connectivity index (χ2n) is 0. The minimum atomic E-state index is 0. The van der Waals surface area contributed by atoms with Gasteiger partial charge in [-0.2, -0.15) is 0 Å². The Kier molecular flexibility index (Phi) is 499. The quantitative estimate of drug-likeness (QED) is 0.304. The van der Waals surface area contributed by atoms with Crippen molar-refractivity contribution in [3.8, 4) is 0 Å². The molecule has 0 aromatic rings. The molecule has 0 saturated carbocycles. The molecule has 0 aliphatic rings. The van der Waals surface area contributed by atoms with Crippen molar-refractivity contribution in [3.63, 3.8) is 0 Å². The van der Waals surface area contributed by atoms with Crippen LogP contribution in [0.25, 0.3) is 0 Å². The van der Waals surface area contributed by atoms with Crippen molar-refractivity contribution in [2.75, 3.05) is 0 Å². The molecule has 0 fully saturated rings. The van der Waals surface area contributed by atoms with Gasteiger partial charge < -0.3 is 0 Å². The van der Waals surface area contributed by atoms with E-state index in [2.05, 4.69) is 0 Å². The van der Waals surface area contributed by atoms with Crippen LogP contribution in [0.5, 0.6) is 0 Å². The van der Waals surface area contributed by atoms with Gasteiger partial charge in [0.1, 0.15) is 0 Å². The van der Waals surface area contributed by atoms with Gasteiger partial charge in [-0.25, -0.2) is 0 Å². The molecule has 0 aliphatic carbocycles. The molecule has 0 radical (unpaired) electrons. The van der Waals surface area contributed by atoms with E-state index in [0.717, 1.165) is 0 Å². The maximum Gasteiger partial charge on any atom is 0 e. The molecule has 8 heteroatoms. The molecule has 8 heavy (non-hydrogen) atoms. The normalized spacial score (nSPS) is 0. The summed E-state index contributed by atoms with van der Waals surface area (Å²) in [5, 5.41) is 0. The van der Waals surface area contributed by atoms with Crippen molar-refractivity contribution in [3.05, 3.63) is 0 Å². The first-order valence-corrected chi connectivity index (χ1v) is 0. The van der Waals surface area contributed by atoms with Crippen LogP contribution in [0, 0.1) is 0 Å². The topological polar surface area (TPSA) is 0 Å². The molecule has 0 N–H and O–H groups in total. The van der Waals surface area contributed by atoms with Gasteiger partial charge in [-0.3, -0.25) is 0 Å². The second-order valence-corrected chi connectivity index (χ2v) is 0. The van der Waals surface area contributed by atoms with Crippen molar-refractivity contribution in [1.82, 2.24) is 0 Å². The monoisotopic (exact) mass is 795 g/mol. The molecule has 0 saturated heterocycles. The molecule has 0 amide bonds. The summed E-state index contributed by atoms with van der Waals surface area (Å²) in [6.07, 6.45) is 0. The van der Waals surface area contributed by atoms with Gasteiger partial charge in [-0.05, 0) is 0 Å². The van der Waals surface area contributed by atoms with E-state index in [1.807, 2.05) is 0 Å². The zero-order chi connectivity index (χ0) is 0. The van der Waals surface area contributed by atoms with Crippen LogP contribution < -0.4 is 0 Å². The largest absolute Gasteiger partial charge is 0 e. The Morgan fingerprint density at radius 3 is 0.250 bits per heavy atom. The fourth-order valence-corrected chi connectivity index (χ4v) is 0. The SMILES string of the molecule is [Mo].[Mo].[Mo].[Mo].[Mo].[Ru].[Ru].[Ru]. The minimum absolute atomic E-state index is 0. The van der Waals surface area contributed by atoms with Gasteiger partial charge >= 0.3 is 0 Å². The van der Waals surface area contributed by atoms with Crippen LogP contribution >= 0.6 is 0 Å². The molecule has 0 aromatic carbocycles. The Hall–Kier alpha value is 5.31. The molecule has 0 aliphatic heterocycles. The molecular formula is Mo5Ru3. The Balaban J connectivity index is 0. The molecule has 0 heterocycles. The summed E-state index contributed by atoms with van der Waals surface area (Å²) in [4.78, 5) is 0. The van der Waals surface area contributed by atoms with Gasteiger partial charge in [-0.15, -0.1) is 0 Å². The summed E-state index contributed by atoms with van der Waals surface area (Å²) >= 11 is 0. The Bertz CT molecular complexity index is 7.64. The fourth-order valence-electron chi connectivity index (χ4n) is 0. The van der Waals surface area contributed by atoms with E-state index < -0.39 is 0 Å². The summed E-state index contributed by atoms with van der Waals surface area (Å²) in [6.45, 7) is 0. The summed E-state index contributed by atoms with van der Waals surface area (Å²) in [5.41, 5.74) is 0. The van der Waals surface area contributed by atoms with E-state index in [-0.39, 0.29) is 164 Å². The van der Waals surface area contributed by atoms with Crippen LogP contribution in [0.4, 0.5) is 0 Å². The van der Waals surface area contributed by atoms with Gasteiger partial charge in [0.05, 0.1) is 0 Å². The Labute approximate surface area is 160 Å². The zero-order valence-electron chi connectivity index (χ0n) is 3.10. The molecular weight excluding hydrogens is 783 g/mol. The molecule has 0 aromatic heterocycles. The predicted octanol–water partition coefficient (Wildman–Crippen LogP) is -0.0200. The molecule has 0 spiro atoms. The molecule has 0 rings (SSSR count). The van der Waals surface area contributed by atoms with Crippen molar-refractivity contribution >= 4 is 0 Å². The van der Waals surface area contributed by atoms with Crippen LogP contribution in [-0.2, 0) is 164 Å². The number of rotatable bonds is 0. The zero-order valence-corrected chi connectivity index (χ0v) is 18.4. The van der Waals surface area contributed by atoms with Crippen LogP contribution in [0.3, 0.4) is 0 Å². The number of hydrogen-bond acceptors (Lipinski definition) is 0. The van der Waals surface area contributed by atoms with Gasteiger partial charge in [0.15, 0.2) is 0 Å². The number of hydrogen-bond donors (Lipinski definition) is 0. The average Bonchev–Trinajstić information content (AvgIpc) is 0. The third kappa shape index (κ3) is 42.6. The van der Waals surface area contributed by atoms with E-state index >= 15 is 0 Å². The summed E-state index contributed by atoms with van der Waals surface area (Å²) in [6, 6.07) is 0. The van der Waals surface area contributed by atoms with Gasteiger partial charge in [-0.1, -0.05) is 0 Å². The van der Waals surface area contributed by atoms with Crippen LogP contribution in [0.1, 0.15) is 0 Å². The fraction of sp³-hybridized carbons (Fsp3) is 0. The smallest absolute Gasteiger partial charge is 0 e. The Morgan fingerprint density at radius 1 is 0.250 bits per heavy atom. The Morgan fingerprint density at radius 2 is 0.250 bits per heavy atom. The van der Waals surface area contributed by atoms with Crippen LogP contribution in [0.2, 0.25) is 0 Å². The van der Waals surface area contributed by atoms with Crippen molar-refractivity contribution in [2.24, 2.45) is 0 Å². The third-order valence-corrected chi connectivity index (χ3v) is 0. The molecule has 0 bridgehead atoms. The van der Waals surface area contributed by atoms with E-state index in [1.165, 1.54) is 0 Å². The first kappa shape index (κ1) is 71.5.